The molecule has 1 aromatic rings. The molecule has 1 saturated heterocycles. The first-order valence-corrected chi connectivity index (χ1v) is 7.09. The Balaban J connectivity index is 2.10. The molecule has 1 N–H and O–H groups in total. The van der Waals surface area contributed by atoms with Crippen LogP contribution in [0.5, 0.6) is 0 Å². The van der Waals surface area contributed by atoms with E-state index in [1.807, 2.05) is 0 Å². The normalized spacial score (nSPS) is 20.9. The minimum absolute atomic E-state index is 0.321. The molecule has 2 rings (SSSR count). The van der Waals surface area contributed by atoms with Crippen LogP contribution in [0.25, 0.3) is 0 Å². The number of hydrogen-bond acceptors (Lipinski definition) is 2. The Labute approximate surface area is 116 Å². The molecule has 0 bridgehead atoms. The van der Waals surface area contributed by atoms with Crippen molar-refractivity contribution in [3.63, 3.8) is 0 Å². The molecule has 1 aliphatic heterocycles. The Bertz CT molecular complexity index is 447. The number of benzene rings is 1. The minimum Gasteiger partial charge on any atom is -0.480 e. The average molecular weight is 312 g/mol. The van der Waals surface area contributed by atoms with Gasteiger partial charge >= 0.3 is 5.97 Å². The van der Waals surface area contributed by atoms with E-state index in [1.165, 1.54) is 11.1 Å². The van der Waals surface area contributed by atoms with Crippen molar-refractivity contribution in [1.82, 2.24) is 4.90 Å². The average Bonchev–Trinajstić information content (AvgIpc) is 2.34. The molecule has 1 fully saturated rings. The Morgan fingerprint density at radius 2 is 2.28 bits per heavy atom. The summed E-state index contributed by atoms with van der Waals surface area (Å²) >= 11 is 3.52. The van der Waals surface area contributed by atoms with E-state index in [-0.39, 0.29) is 6.04 Å². The molecule has 0 amide bonds. The number of carboxylic acid groups (broad SMARTS) is 1. The summed E-state index contributed by atoms with van der Waals surface area (Å²) in [6, 6.07) is 5.91. The van der Waals surface area contributed by atoms with Gasteiger partial charge in [0.1, 0.15) is 6.04 Å². The number of halogens is 1. The van der Waals surface area contributed by atoms with Crippen LogP contribution in [0.1, 0.15) is 30.4 Å². The lowest BCUT2D eigenvalue weighted by Gasteiger charge is -2.32. The third-order valence-corrected chi connectivity index (χ3v) is 4.37. The van der Waals surface area contributed by atoms with Crippen LogP contribution in [0.15, 0.2) is 22.7 Å². The van der Waals surface area contributed by atoms with Crippen molar-refractivity contribution in [1.29, 1.82) is 0 Å². The second-order valence-electron chi connectivity index (χ2n) is 4.90. The van der Waals surface area contributed by atoms with Gasteiger partial charge in [0.15, 0.2) is 0 Å². The summed E-state index contributed by atoms with van der Waals surface area (Å²) in [5.74, 6) is -0.694. The van der Waals surface area contributed by atoms with Crippen molar-refractivity contribution in [2.75, 3.05) is 6.54 Å². The molecular weight excluding hydrogens is 294 g/mol. The van der Waals surface area contributed by atoms with Crippen molar-refractivity contribution in [2.24, 2.45) is 0 Å². The highest BCUT2D eigenvalue weighted by molar-refractivity contribution is 9.10. The van der Waals surface area contributed by atoms with Crippen LogP contribution in [0.3, 0.4) is 0 Å². The largest absolute Gasteiger partial charge is 0.480 e. The lowest BCUT2D eigenvalue weighted by molar-refractivity contribution is -0.144. The first-order valence-electron chi connectivity index (χ1n) is 6.30. The standard InChI is InChI=1S/C14H18BrNO2/c1-10-5-6-11(8-12(10)15)9-16-7-3-2-4-13(16)14(17)18/h5-6,8,13H,2-4,7,9H2,1H3,(H,17,18). The summed E-state index contributed by atoms with van der Waals surface area (Å²) in [7, 11) is 0. The van der Waals surface area contributed by atoms with Crippen LogP contribution in [0.4, 0.5) is 0 Å². The van der Waals surface area contributed by atoms with Crippen LogP contribution in [-0.2, 0) is 11.3 Å². The van der Waals surface area contributed by atoms with Gasteiger partial charge in [-0.1, -0.05) is 34.5 Å². The van der Waals surface area contributed by atoms with Crippen molar-refractivity contribution in [3.8, 4) is 0 Å². The van der Waals surface area contributed by atoms with E-state index in [9.17, 15) is 9.90 Å². The van der Waals surface area contributed by atoms with Crippen LogP contribution in [0.2, 0.25) is 0 Å². The quantitative estimate of drug-likeness (QED) is 0.932. The summed E-state index contributed by atoms with van der Waals surface area (Å²) < 4.78 is 1.09. The first kappa shape index (κ1) is 13.6. The van der Waals surface area contributed by atoms with E-state index in [4.69, 9.17) is 0 Å². The zero-order valence-corrected chi connectivity index (χ0v) is 12.1. The molecule has 0 radical (unpaired) electrons. The van der Waals surface area contributed by atoms with Gasteiger partial charge in [0.25, 0.3) is 0 Å². The van der Waals surface area contributed by atoms with E-state index in [1.54, 1.807) is 0 Å². The van der Waals surface area contributed by atoms with Crippen molar-refractivity contribution in [2.45, 2.75) is 38.8 Å². The molecule has 1 heterocycles. The summed E-state index contributed by atoms with van der Waals surface area (Å²) in [5, 5.41) is 9.23. The SMILES string of the molecule is Cc1ccc(CN2CCCCC2C(=O)O)cc1Br. The van der Waals surface area contributed by atoms with Gasteiger partial charge in [0.2, 0.25) is 0 Å². The second kappa shape index (κ2) is 5.85. The van der Waals surface area contributed by atoms with Gasteiger partial charge in [-0.25, -0.2) is 0 Å². The number of carbonyl (C=O) groups is 1. The topological polar surface area (TPSA) is 40.5 Å². The van der Waals surface area contributed by atoms with Gasteiger partial charge in [-0.3, -0.25) is 9.69 Å². The van der Waals surface area contributed by atoms with Crippen LogP contribution >= 0.6 is 15.9 Å². The van der Waals surface area contributed by atoms with E-state index < -0.39 is 5.97 Å². The fraction of sp³-hybridized carbons (Fsp3) is 0.500. The lowest BCUT2D eigenvalue weighted by Crippen LogP contribution is -2.43. The Hall–Kier alpha value is -0.870. The molecular formula is C14H18BrNO2. The van der Waals surface area contributed by atoms with Crippen LogP contribution in [0, 0.1) is 6.92 Å². The Kier molecular flexibility index (Phi) is 4.40. The van der Waals surface area contributed by atoms with Gasteiger partial charge < -0.3 is 5.11 Å². The molecule has 0 spiro atoms. The predicted octanol–water partition coefficient (Wildman–Crippen LogP) is 3.20. The van der Waals surface area contributed by atoms with Gasteiger partial charge in [-0.15, -0.1) is 0 Å². The molecule has 3 nitrogen and oxygen atoms in total. The molecule has 98 valence electrons. The van der Waals surface area contributed by atoms with Crippen molar-refractivity contribution < 1.29 is 9.90 Å². The fourth-order valence-electron chi connectivity index (χ4n) is 2.43. The zero-order chi connectivity index (χ0) is 13.1. The van der Waals surface area contributed by atoms with E-state index in [0.717, 1.165) is 36.8 Å². The lowest BCUT2D eigenvalue weighted by atomic mass is 10.0. The van der Waals surface area contributed by atoms with Crippen molar-refractivity contribution in [3.05, 3.63) is 33.8 Å². The highest BCUT2D eigenvalue weighted by atomic mass is 79.9. The number of rotatable bonds is 3. The molecule has 0 aromatic heterocycles. The van der Waals surface area contributed by atoms with Gasteiger partial charge in [0.05, 0.1) is 0 Å². The number of aryl methyl sites for hydroxylation is 1. The summed E-state index contributed by atoms with van der Waals surface area (Å²) in [6.07, 6.45) is 2.88. The maximum Gasteiger partial charge on any atom is 0.320 e. The van der Waals surface area contributed by atoms with Crippen molar-refractivity contribution >= 4 is 21.9 Å². The second-order valence-corrected chi connectivity index (χ2v) is 5.76. The summed E-state index contributed by atoms with van der Waals surface area (Å²) in [6.45, 7) is 3.65. The van der Waals surface area contributed by atoms with E-state index in [0.29, 0.717) is 0 Å². The Morgan fingerprint density at radius 1 is 1.50 bits per heavy atom. The van der Waals surface area contributed by atoms with Crippen LogP contribution < -0.4 is 0 Å². The monoisotopic (exact) mass is 311 g/mol. The fourth-order valence-corrected chi connectivity index (χ4v) is 2.86. The smallest absolute Gasteiger partial charge is 0.320 e. The number of piperidine rings is 1. The number of carboxylic acids is 1. The third-order valence-electron chi connectivity index (χ3n) is 3.52. The molecule has 1 atom stereocenters. The zero-order valence-electron chi connectivity index (χ0n) is 10.5. The minimum atomic E-state index is -0.694. The number of hydrogen-bond donors (Lipinski definition) is 1. The van der Waals surface area contributed by atoms with E-state index in [2.05, 4.69) is 46.0 Å². The molecule has 1 aromatic carbocycles. The Morgan fingerprint density at radius 3 is 2.94 bits per heavy atom. The number of nitrogens with zero attached hydrogens (tertiary/aromatic N) is 1. The molecule has 4 heteroatoms. The molecule has 0 saturated carbocycles. The third kappa shape index (κ3) is 3.12. The summed E-state index contributed by atoms with van der Waals surface area (Å²) in [4.78, 5) is 13.3. The van der Waals surface area contributed by atoms with Crippen LogP contribution in [-0.4, -0.2) is 28.6 Å². The highest BCUT2D eigenvalue weighted by Gasteiger charge is 2.28. The number of likely N-dealkylation sites (tertiary alicyclic amines) is 1. The summed E-state index contributed by atoms with van der Waals surface area (Å²) in [5.41, 5.74) is 2.37. The first-order chi connectivity index (χ1) is 8.58. The molecule has 1 aliphatic rings. The maximum absolute atomic E-state index is 11.2. The van der Waals surface area contributed by atoms with Gasteiger partial charge in [-0.05, 0) is 43.5 Å². The molecule has 18 heavy (non-hydrogen) atoms. The molecule has 0 aliphatic carbocycles. The predicted molar refractivity (Wildman–Crippen MR) is 74.6 cm³/mol. The van der Waals surface area contributed by atoms with E-state index >= 15 is 0 Å². The molecule has 1 unspecified atom stereocenters. The maximum atomic E-state index is 11.2. The highest BCUT2D eigenvalue weighted by Crippen LogP contribution is 2.22. The van der Waals surface area contributed by atoms with Gasteiger partial charge in [0, 0.05) is 11.0 Å². The number of aliphatic carboxylic acids is 1. The van der Waals surface area contributed by atoms with Gasteiger partial charge in [-0.2, -0.15) is 0 Å².